The molecule has 0 saturated heterocycles. The normalized spacial score (nSPS) is 12.2. The lowest BCUT2D eigenvalue weighted by atomic mass is 10.1. The van der Waals surface area contributed by atoms with Gasteiger partial charge in [0.05, 0.1) is 4.47 Å². The Bertz CT molecular complexity index is 538. The summed E-state index contributed by atoms with van der Waals surface area (Å²) < 4.78 is 7.71. The van der Waals surface area contributed by atoms with Gasteiger partial charge in [0, 0.05) is 10.5 Å². The molecule has 2 N–H and O–H groups in total. The van der Waals surface area contributed by atoms with Crippen molar-refractivity contribution in [1.29, 1.82) is 0 Å². The predicted molar refractivity (Wildman–Crippen MR) is 81.0 cm³/mol. The van der Waals surface area contributed by atoms with E-state index < -0.39 is 0 Å². The minimum absolute atomic E-state index is 0.0402. The van der Waals surface area contributed by atoms with Crippen molar-refractivity contribution >= 4 is 31.9 Å². The molecular weight excluding hydrogens is 358 g/mol. The number of hydrogen-bond acceptors (Lipinski definition) is 2. The molecule has 2 aromatic rings. The molecule has 0 bridgehead atoms. The van der Waals surface area contributed by atoms with Crippen LogP contribution in [-0.4, -0.2) is 0 Å². The van der Waals surface area contributed by atoms with Gasteiger partial charge in [0.2, 0.25) is 0 Å². The summed E-state index contributed by atoms with van der Waals surface area (Å²) in [7, 11) is 0. The quantitative estimate of drug-likeness (QED) is 0.822. The summed E-state index contributed by atoms with van der Waals surface area (Å²) >= 11 is 6.87. The smallest absolute Gasteiger partial charge is 0.141 e. The Kier molecular flexibility index (Phi) is 4.43. The van der Waals surface area contributed by atoms with Gasteiger partial charge in [-0.3, -0.25) is 0 Å². The molecule has 0 aliphatic heterocycles. The van der Waals surface area contributed by atoms with Crippen molar-refractivity contribution in [2.45, 2.75) is 13.0 Å². The third-order valence-electron chi connectivity index (χ3n) is 2.53. The van der Waals surface area contributed by atoms with Gasteiger partial charge in [-0.1, -0.05) is 28.1 Å². The maximum absolute atomic E-state index is 5.80. The maximum Gasteiger partial charge on any atom is 0.141 e. The summed E-state index contributed by atoms with van der Waals surface area (Å²) in [6.07, 6.45) is 0. The van der Waals surface area contributed by atoms with Gasteiger partial charge in [0.25, 0.3) is 0 Å². The molecule has 94 valence electrons. The van der Waals surface area contributed by atoms with Crippen molar-refractivity contribution in [3.63, 3.8) is 0 Å². The third kappa shape index (κ3) is 3.34. The molecule has 0 unspecified atom stereocenters. The van der Waals surface area contributed by atoms with Crippen molar-refractivity contribution in [3.8, 4) is 11.5 Å². The number of ether oxygens (including phenoxy) is 1. The molecule has 0 aliphatic rings. The van der Waals surface area contributed by atoms with Crippen LogP contribution in [0.5, 0.6) is 11.5 Å². The van der Waals surface area contributed by atoms with E-state index in [4.69, 9.17) is 10.5 Å². The highest BCUT2D eigenvalue weighted by Gasteiger charge is 2.04. The van der Waals surface area contributed by atoms with Crippen LogP contribution in [0, 0.1) is 0 Å². The maximum atomic E-state index is 5.80. The Morgan fingerprint density at radius 3 is 2.28 bits per heavy atom. The third-order valence-corrected chi connectivity index (χ3v) is 3.64. The highest BCUT2D eigenvalue weighted by Crippen LogP contribution is 2.32. The average Bonchev–Trinajstić information content (AvgIpc) is 2.33. The van der Waals surface area contributed by atoms with Crippen molar-refractivity contribution < 1.29 is 4.74 Å². The Morgan fingerprint density at radius 2 is 1.72 bits per heavy atom. The van der Waals surface area contributed by atoms with Gasteiger partial charge in [-0.05, 0) is 58.7 Å². The van der Waals surface area contributed by atoms with E-state index in [1.165, 1.54) is 0 Å². The summed E-state index contributed by atoms with van der Waals surface area (Å²) in [4.78, 5) is 0. The van der Waals surface area contributed by atoms with E-state index in [1.807, 2.05) is 49.4 Å². The van der Waals surface area contributed by atoms with Gasteiger partial charge in [0.15, 0.2) is 0 Å². The second-order valence-corrected chi connectivity index (χ2v) is 5.80. The molecule has 0 saturated carbocycles. The van der Waals surface area contributed by atoms with Crippen LogP contribution in [0.1, 0.15) is 18.5 Å². The zero-order chi connectivity index (χ0) is 13.1. The molecule has 2 nitrogen and oxygen atoms in total. The molecule has 0 radical (unpaired) electrons. The highest BCUT2D eigenvalue weighted by molar-refractivity contribution is 9.11. The Hall–Kier alpha value is -0.840. The first-order chi connectivity index (χ1) is 8.56. The first-order valence-corrected chi connectivity index (χ1v) is 7.13. The molecule has 2 aromatic carbocycles. The Balaban J connectivity index is 2.18. The van der Waals surface area contributed by atoms with Crippen molar-refractivity contribution in [1.82, 2.24) is 0 Å². The number of halogens is 2. The van der Waals surface area contributed by atoms with Crippen molar-refractivity contribution in [2.24, 2.45) is 5.73 Å². The molecular formula is C14H13Br2NO. The van der Waals surface area contributed by atoms with Gasteiger partial charge in [-0.15, -0.1) is 0 Å². The molecule has 0 aliphatic carbocycles. The minimum Gasteiger partial charge on any atom is -0.456 e. The molecule has 0 fully saturated rings. The highest BCUT2D eigenvalue weighted by atomic mass is 79.9. The molecule has 1 atom stereocenters. The van der Waals surface area contributed by atoms with Crippen LogP contribution in [0.4, 0.5) is 0 Å². The second-order valence-electron chi connectivity index (χ2n) is 4.03. The van der Waals surface area contributed by atoms with Crippen LogP contribution < -0.4 is 10.5 Å². The van der Waals surface area contributed by atoms with E-state index in [1.54, 1.807) is 0 Å². The van der Waals surface area contributed by atoms with Crippen LogP contribution in [-0.2, 0) is 0 Å². The van der Waals surface area contributed by atoms with Crippen molar-refractivity contribution in [2.75, 3.05) is 0 Å². The molecule has 0 amide bonds. The van der Waals surface area contributed by atoms with E-state index in [0.717, 1.165) is 26.0 Å². The summed E-state index contributed by atoms with van der Waals surface area (Å²) in [5, 5.41) is 0. The molecule has 2 rings (SSSR count). The van der Waals surface area contributed by atoms with E-state index >= 15 is 0 Å². The number of nitrogens with two attached hydrogens (primary N) is 1. The zero-order valence-corrected chi connectivity index (χ0v) is 13.0. The largest absolute Gasteiger partial charge is 0.456 e. The second kappa shape index (κ2) is 5.87. The lowest BCUT2D eigenvalue weighted by molar-refractivity contribution is 0.479. The number of hydrogen-bond donors (Lipinski definition) is 1. The first kappa shape index (κ1) is 13.6. The fourth-order valence-electron chi connectivity index (χ4n) is 1.52. The van der Waals surface area contributed by atoms with Crippen LogP contribution in [0.2, 0.25) is 0 Å². The molecule has 0 heterocycles. The van der Waals surface area contributed by atoms with Crippen LogP contribution in [0.15, 0.2) is 51.4 Å². The van der Waals surface area contributed by atoms with E-state index in [9.17, 15) is 0 Å². The lowest BCUT2D eigenvalue weighted by Crippen LogP contribution is -2.04. The lowest BCUT2D eigenvalue weighted by Gasteiger charge is -2.10. The standard InChI is InChI=1S/C14H13Br2NO/c1-9(17)10-2-5-12(6-3-10)18-14-7-4-11(15)8-13(14)16/h2-9H,17H2,1H3/t9-/m1/s1. The summed E-state index contributed by atoms with van der Waals surface area (Å²) in [6.45, 7) is 1.96. The number of rotatable bonds is 3. The molecule has 4 heteroatoms. The minimum atomic E-state index is 0.0402. The SMILES string of the molecule is C[C@@H](N)c1ccc(Oc2ccc(Br)cc2Br)cc1. The van der Waals surface area contributed by atoms with Gasteiger partial charge < -0.3 is 10.5 Å². The monoisotopic (exact) mass is 369 g/mol. The van der Waals surface area contributed by atoms with E-state index in [-0.39, 0.29) is 6.04 Å². The van der Waals surface area contributed by atoms with Gasteiger partial charge in [-0.25, -0.2) is 0 Å². The first-order valence-electron chi connectivity index (χ1n) is 5.54. The summed E-state index contributed by atoms with van der Waals surface area (Å²) in [5.74, 6) is 1.58. The predicted octanol–water partition coefficient (Wildman–Crippen LogP) is 5.02. The van der Waals surface area contributed by atoms with Crippen LogP contribution in [0.25, 0.3) is 0 Å². The zero-order valence-electron chi connectivity index (χ0n) is 9.86. The van der Waals surface area contributed by atoms with Gasteiger partial charge >= 0.3 is 0 Å². The van der Waals surface area contributed by atoms with E-state index in [2.05, 4.69) is 31.9 Å². The topological polar surface area (TPSA) is 35.2 Å². The van der Waals surface area contributed by atoms with Crippen LogP contribution >= 0.6 is 31.9 Å². The Labute approximate surface area is 123 Å². The fourth-order valence-corrected chi connectivity index (χ4v) is 2.65. The van der Waals surface area contributed by atoms with Crippen molar-refractivity contribution in [3.05, 3.63) is 57.0 Å². The van der Waals surface area contributed by atoms with Crippen LogP contribution in [0.3, 0.4) is 0 Å². The molecule has 18 heavy (non-hydrogen) atoms. The Morgan fingerprint density at radius 1 is 1.06 bits per heavy atom. The van der Waals surface area contributed by atoms with Gasteiger partial charge in [-0.2, -0.15) is 0 Å². The average molecular weight is 371 g/mol. The number of benzene rings is 2. The molecule has 0 aromatic heterocycles. The van der Waals surface area contributed by atoms with Gasteiger partial charge in [0.1, 0.15) is 11.5 Å². The van der Waals surface area contributed by atoms with E-state index in [0.29, 0.717) is 0 Å². The fraction of sp³-hybridized carbons (Fsp3) is 0.143. The summed E-state index contributed by atoms with van der Waals surface area (Å²) in [6, 6.07) is 13.6. The molecule has 0 spiro atoms. The summed E-state index contributed by atoms with van der Waals surface area (Å²) in [5.41, 5.74) is 6.90.